The summed E-state index contributed by atoms with van der Waals surface area (Å²) in [5.41, 5.74) is 0.680. The van der Waals surface area contributed by atoms with E-state index >= 15 is 0 Å². The fourth-order valence-corrected chi connectivity index (χ4v) is 8.07. The van der Waals surface area contributed by atoms with Gasteiger partial charge in [-0.15, -0.1) is 11.3 Å². The minimum absolute atomic E-state index is 0.00410. The van der Waals surface area contributed by atoms with Gasteiger partial charge in [0.2, 0.25) is 15.9 Å². The van der Waals surface area contributed by atoms with Crippen LogP contribution in [0.25, 0.3) is 0 Å². The van der Waals surface area contributed by atoms with E-state index in [4.69, 9.17) is 0 Å². The molecular weight excluding hydrogens is 432 g/mol. The Hall–Kier alpha value is -1.75. The second-order valence-corrected chi connectivity index (χ2v) is 12.5. The second-order valence-electron chi connectivity index (χ2n) is 7.33. The van der Waals surface area contributed by atoms with E-state index in [0.29, 0.717) is 25.1 Å². The maximum Gasteiger partial charge on any atom is 0.243 e. The molecule has 29 heavy (non-hydrogen) atoms. The van der Waals surface area contributed by atoms with Crippen molar-refractivity contribution in [2.75, 3.05) is 23.0 Å². The lowest BCUT2D eigenvalue weighted by molar-refractivity contribution is -0.117. The van der Waals surface area contributed by atoms with Gasteiger partial charge in [-0.25, -0.2) is 16.8 Å². The first kappa shape index (κ1) is 20.5. The molecule has 0 saturated carbocycles. The quantitative estimate of drug-likeness (QED) is 0.668. The van der Waals surface area contributed by atoms with Crippen LogP contribution in [-0.2, 0) is 31.2 Å². The van der Waals surface area contributed by atoms with Crippen LogP contribution in [0.5, 0.6) is 0 Å². The Labute approximate surface area is 174 Å². The van der Waals surface area contributed by atoms with Crippen LogP contribution in [0.1, 0.15) is 24.1 Å². The van der Waals surface area contributed by atoms with Gasteiger partial charge in [-0.1, -0.05) is 6.07 Å². The molecule has 0 unspecified atom stereocenters. The second kappa shape index (κ2) is 7.82. The first-order valence-corrected chi connectivity index (χ1v) is 13.6. The molecule has 0 radical (unpaired) electrons. The van der Waals surface area contributed by atoms with E-state index in [0.717, 1.165) is 11.3 Å². The summed E-state index contributed by atoms with van der Waals surface area (Å²) in [4.78, 5) is 14.5. The van der Waals surface area contributed by atoms with Gasteiger partial charge >= 0.3 is 0 Å². The van der Waals surface area contributed by atoms with Crippen molar-refractivity contribution in [1.29, 1.82) is 0 Å². The zero-order valence-electron chi connectivity index (χ0n) is 15.7. The Bertz CT molecular complexity index is 1090. The van der Waals surface area contributed by atoms with E-state index in [1.54, 1.807) is 17.0 Å². The fraction of sp³-hybridized carbons (Fsp3) is 0.421. The van der Waals surface area contributed by atoms with Crippen LogP contribution in [0.3, 0.4) is 0 Å². The normalized spacial score (nSPS) is 21.9. The number of thiophene rings is 1. The number of anilines is 1. The van der Waals surface area contributed by atoms with E-state index in [-0.39, 0.29) is 28.9 Å². The number of hydrogen-bond donors (Lipinski definition) is 0. The fourth-order valence-electron chi connectivity index (χ4n) is 3.82. The van der Waals surface area contributed by atoms with Crippen LogP contribution < -0.4 is 4.90 Å². The summed E-state index contributed by atoms with van der Waals surface area (Å²) >= 11 is 1.44. The molecule has 1 aromatic carbocycles. The van der Waals surface area contributed by atoms with Crippen molar-refractivity contribution in [1.82, 2.24) is 4.31 Å². The highest BCUT2D eigenvalue weighted by molar-refractivity contribution is 7.92. The van der Waals surface area contributed by atoms with Gasteiger partial charge in [0.1, 0.15) is 0 Å². The third-order valence-electron chi connectivity index (χ3n) is 5.34. The van der Waals surface area contributed by atoms with Crippen LogP contribution >= 0.6 is 11.3 Å². The monoisotopic (exact) mass is 454 g/mol. The van der Waals surface area contributed by atoms with Crippen LogP contribution in [0.15, 0.2) is 46.7 Å². The molecule has 156 valence electrons. The molecule has 0 bridgehead atoms. The highest BCUT2D eigenvalue weighted by Gasteiger charge is 2.39. The molecule has 1 atom stereocenters. The van der Waals surface area contributed by atoms with Gasteiger partial charge in [-0.05, 0) is 48.6 Å². The molecule has 2 aliphatic rings. The van der Waals surface area contributed by atoms with Crippen LogP contribution in [0.4, 0.5) is 5.69 Å². The minimum atomic E-state index is -3.89. The number of hydrogen-bond acceptors (Lipinski definition) is 6. The lowest BCUT2D eigenvalue weighted by Crippen LogP contribution is -2.40. The number of amides is 1. The van der Waals surface area contributed by atoms with Crippen molar-refractivity contribution in [3.63, 3.8) is 0 Å². The number of benzene rings is 1. The molecular formula is C19H22N2O5S3. The zero-order valence-corrected chi connectivity index (χ0v) is 18.2. The van der Waals surface area contributed by atoms with Crippen molar-refractivity contribution < 1.29 is 21.6 Å². The van der Waals surface area contributed by atoms with E-state index in [1.165, 1.54) is 27.8 Å². The topological polar surface area (TPSA) is 91.8 Å². The Balaban J connectivity index is 1.64. The molecule has 2 aliphatic heterocycles. The minimum Gasteiger partial charge on any atom is -0.312 e. The Morgan fingerprint density at radius 2 is 1.93 bits per heavy atom. The molecule has 1 amide bonds. The molecule has 0 N–H and O–H groups in total. The largest absolute Gasteiger partial charge is 0.312 e. The summed E-state index contributed by atoms with van der Waals surface area (Å²) in [5.74, 6) is -0.113. The number of carbonyl (C=O) groups excluding carboxylic acids is 1. The Kier molecular flexibility index (Phi) is 5.54. The van der Waals surface area contributed by atoms with Gasteiger partial charge in [0, 0.05) is 36.1 Å². The van der Waals surface area contributed by atoms with Crippen LogP contribution in [0, 0.1) is 0 Å². The smallest absolute Gasteiger partial charge is 0.243 e. The summed E-state index contributed by atoms with van der Waals surface area (Å²) in [6, 6.07) is 9.40. The molecule has 4 rings (SSSR count). The van der Waals surface area contributed by atoms with Crippen LogP contribution in [-0.4, -0.2) is 51.1 Å². The highest BCUT2D eigenvalue weighted by Crippen LogP contribution is 2.30. The number of carbonyl (C=O) groups is 1. The van der Waals surface area contributed by atoms with Crippen molar-refractivity contribution >= 4 is 42.8 Å². The molecule has 2 saturated heterocycles. The first-order chi connectivity index (χ1) is 13.8. The van der Waals surface area contributed by atoms with Gasteiger partial charge in [0.25, 0.3) is 0 Å². The van der Waals surface area contributed by atoms with Crippen molar-refractivity contribution in [2.24, 2.45) is 0 Å². The van der Waals surface area contributed by atoms with E-state index in [2.05, 4.69) is 0 Å². The van der Waals surface area contributed by atoms with Gasteiger partial charge in [0.15, 0.2) is 9.84 Å². The summed E-state index contributed by atoms with van der Waals surface area (Å²) in [7, 11) is -7.13. The lowest BCUT2D eigenvalue weighted by atomic mass is 10.2. The summed E-state index contributed by atoms with van der Waals surface area (Å²) in [6.45, 7) is 0.780. The number of sulfone groups is 1. The van der Waals surface area contributed by atoms with Gasteiger partial charge < -0.3 is 4.90 Å². The third-order valence-corrected chi connectivity index (χ3v) is 9.86. The van der Waals surface area contributed by atoms with Gasteiger partial charge in [-0.3, -0.25) is 4.79 Å². The number of nitrogens with zero attached hydrogens (tertiary/aromatic N) is 2. The SMILES string of the molecule is O=C1CCCN1c1ccc(S(=O)(=O)N(Cc2cccs2)[C@H]2CCS(=O)(=O)C2)cc1. The molecule has 0 aliphatic carbocycles. The molecule has 0 spiro atoms. The van der Waals surface area contributed by atoms with Gasteiger partial charge in [-0.2, -0.15) is 4.31 Å². The average Bonchev–Trinajstić information content (AvgIpc) is 3.41. The maximum atomic E-state index is 13.4. The number of rotatable bonds is 6. The lowest BCUT2D eigenvalue weighted by Gasteiger charge is -2.27. The predicted molar refractivity (Wildman–Crippen MR) is 112 cm³/mol. The predicted octanol–water partition coefficient (Wildman–Crippen LogP) is 2.25. The first-order valence-electron chi connectivity index (χ1n) is 9.41. The van der Waals surface area contributed by atoms with Crippen molar-refractivity contribution in [2.45, 2.75) is 36.7 Å². The van der Waals surface area contributed by atoms with Crippen molar-refractivity contribution in [3.8, 4) is 0 Å². The van der Waals surface area contributed by atoms with Crippen LogP contribution in [0.2, 0.25) is 0 Å². The average molecular weight is 455 g/mol. The highest BCUT2D eigenvalue weighted by atomic mass is 32.2. The summed E-state index contributed by atoms with van der Waals surface area (Å²) < 4.78 is 52.1. The Morgan fingerprint density at radius 1 is 1.17 bits per heavy atom. The van der Waals surface area contributed by atoms with Crippen molar-refractivity contribution in [3.05, 3.63) is 46.7 Å². The molecule has 10 heteroatoms. The van der Waals surface area contributed by atoms with E-state index < -0.39 is 25.9 Å². The third kappa shape index (κ3) is 4.25. The maximum absolute atomic E-state index is 13.4. The molecule has 2 aromatic rings. The molecule has 2 fully saturated rings. The zero-order chi connectivity index (χ0) is 20.6. The summed E-state index contributed by atoms with van der Waals surface area (Å²) in [5, 5.41) is 1.87. The Morgan fingerprint density at radius 3 is 2.48 bits per heavy atom. The van der Waals surface area contributed by atoms with Gasteiger partial charge in [0.05, 0.1) is 16.4 Å². The molecule has 1 aromatic heterocycles. The van der Waals surface area contributed by atoms with E-state index in [9.17, 15) is 21.6 Å². The molecule has 7 nitrogen and oxygen atoms in total. The summed E-state index contributed by atoms with van der Waals surface area (Å²) in [6.07, 6.45) is 1.60. The standard InChI is InChI=1S/C19H22N2O5S3/c22-19-4-1-10-20(19)15-5-7-18(8-6-15)29(25,26)21(13-17-3-2-11-27-17)16-9-12-28(23,24)14-16/h2-3,5-8,11,16H,1,4,9-10,12-14H2/t16-/m0/s1. The molecule has 3 heterocycles. The number of sulfonamides is 1. The van der Waals surface area contributed by atoms with E-state index in [1.807, 2.05) is 17.5 Å².